The predicted molar refractivity (Wildman–Crippen MR) is 247 cm³/mol. The molecule has 1 atom stereocenters. The molecule has 0 spiro atoms. The lowest BCUT2D eigenvalue weighted by Gasteiger charge is -2.18. The number of hydrogen-bond acceptors (Lipinski definition) is 6. The number of unbranched alkanes of at least 4 members (excludes halogenated alkanes) is 31. The van der Waals surface area contributed by atoms with Gasteiger partial charge in [0.15, 0.2) is 6.10 Å². The summed E-state index contributed by atoms with van der Waals surface area (Å²) in [6, 6.07) is 0. The average molecular weight is 817 g/mol. The zero-order valence-electron chi connectivity index (χ0n) is 38.8. The topological polar surface area (TPSA) is 78.9 Å². The molecule has 0 heterocycles. The standard InChI is InChI=1S/C52H96O6/c1-4-7-10-13-16-19-22-24-26-27-29-30-33-36-39-42-45-51(54)57-48-49(47-56-50(53)44-41-38-35-32-21-18-15-12-9-6-3)58-52(55)46-43-40-37-34-31-28-25-23-20-17-14-11-8-5-2/h15,18,28,31,49H,4-14,16-17,19-27,29-30,32-48H2,1-3H3/b18-15-,31-28-. The van der Waals surface area contributed by atoms with Gasteiger partial charge in [0.05, 0.1) is 0 Å². The van der Waals surface area contributed by atoms with Crippen molar-refractivity contribution in [2.45, 2.75) is 277 Å². The van der Waals surface area contributed by atoms with Crippen molar-refractivity contribution >= 4 is 17.9 Å². The summed E-state index contributed by atoms with van der Waals surface area (Å²) in [7, 11) is 0. The Balaban J connectivity index is 4.33. The van der Waals surface area contributed by atoms with Gasteiger partial charge in [-0.1, -0.05) is 212 Å². The molecule has 0 aromatic heterocycles. The highest BCUT2D eigenvalue weighted by molar-refractivity contribution is 5.71. The predicted octanol–water partition coefficient (Wildman–Crippen LogP) is 16.4. The van der Waals surface area contributed by atoms with Crippen molar-refractivity contribution in [2.75, 3.05) is 13.2 Å². The van der Waals surface area contributed by atoms with Gasteiger partial charge in [-0.2, -0.15) is 0 Å². The molecular formula is C52H96O6. The Kier molecular flexibility index (Phi) is 45.8. The van der Waals surface area contributed by atoms with Crippen LogP contribution in [-0.2, 0) is 28.6 Å². The molecule has 0 N–H and O–H groups in total. The molecule has 0 saturated carbocycles. The van der Waals surface area contributed by atoms with Crippen LogP contribution >= 0.6 is 0 Å². The van der Waals surface area contributed by atoms with Crippen LogP contribution in [0.3, 0.4) is 0 Å². The fourth-order valence-corrected chi connectivity index (χ4v) is 7.30. The number of allylic oxidation sites excluding steroid dienone is 4. The first-order valence-electron chi connectivity index (χ1n) is 25.3. The third-order valence-corrected chi connectivity index (χ3v) is 11.2. The fraction of sp³-hybridized carbons (Fsp3) is 0.865. The third kappa shape index (κ3) is 45.0. The van der Waals surface area contributed by atoms with E-state index in [0.717, 1.165) is 89.9 Å². The van der Waals surface area contributed by atoms with Crippen LogP contribution in [0.4, 0.5) is 0 Å². The summed E-state index contributed by atoms with van der Waals surface area (Å²) in [6.45, 7) is 6.59. The smallest absolute Gasteiger partial charge is 0.306 e. The first kappa shape index (κ1) is 55.9. The Morgan fingerprint density at radius 1 is 0.328 bits per heavy atom. The summed E-state index contributed by atoms with van der Waals surface area (Å²) in [5, 5.41) is 0. The Hall–Kier alpha value is -2.11. The van der Waals surface area contributed by atoms with Gasteiger partial charge in [0, 0.05) is 19.3 Å². The molecule has 0 rings (SSSR count). The SMILES string of the molecule is CCCC/C=C\CCCCCCC(=O)OCC(COC(=O)CCCCCCCCCCCCCCCCCC)OC(=O)CCCCC/C=C\CCCCCCCCC. The number of ether oxygens (including phenoxy) is 3. The lowest BCUT2D eigenvalue weighted by atomic mass is 10.0. The number of hydrogen-bond donors (Lipinski definition) is 0. The molecule has 0 aromatic rings. The lowest BCUT2D eigenvalue weighted by Crippen LogP contribution is -2.30. The molecular weight excluding hydrogens is 721 g/mol. The van der Waals surface area contributed by atoms with E-state index in [-0.39, 0.29) is 31.1 Å². The molecule has 0 aliphatic rings. The van der Waals surface area contributed by atoms with Crippen LogP contribution in [0.15, 0.2) is 24.3 Å². The highest BCUT2D eigenvalue weighted by Crippen LogP contribution is 2.15. The van der Waals surface area contributed by atoms with Crippen molar-refractivity contribution < 1.29 is 28.6 Å². The first-order valence-corrected chi connectivity index (χ1v) is 25.3. The molecule has 0 radical (unpaired) electrons. The molecule has 0 aliphatic heterocycles. The van der Waals surface area contributed by atoms with Gasteiger partial charge in [0.1, 0.15) is 13.2 Å². The third-order valence-electron chi connectivity index (χ3n) is 11.2. The lowest BCUT2D eigenvalue weighted by molar-refractivity contribution is -0.167. The highest BCUT2D eigenvalue weighted by atomic mass is 16.6. The summed E-state index contributed by atoms with van der Waals surface area (Å²) < 4.78 is 16.7. The second kappa shape index (κ2) is 47.6. The molecule has 0 fully saturated rings. The summed E-state index contributed by atoms with van der Waals surface area (Å²) in [5.41, 5.74) is 0. The van der Waals surface area contributed by atoms with Crippen molar-refractivity contribution in [1.29, 1.82) is 0 Å². The minimum absolute atomic E-state index is 0.0774. The number of carbonyl (C=O) groups excluding carboxylic acids is 3. The van der Waals surface area contributed by atoms with Gasteiger partial charge < -0.3 is 14.2 Å². The van der Waals surface area contributed by atoms with Crippen LogP contribution in [0.2, 0.25) is 0 Å². The molecule has 0 aliphatic carbocycles. The van der Waals surface area contributed by atoms with Gasteiger partial charge >= 0.3 is 17.9 Å². The van der Waals surface area contributed by atoms with Gasteiger partial charge in [0.2, 0.25) is 0 Å². The van der Waals surface area contributed by atoms with E-state index in [0.29, 0.717) is 19.3 Å². The van der Waals surface area contributed by atoms with Crippen LogP contribution in [-0.4, -0.2) is 37.2 Å². The van der Waals surface area contributed by atoms with E-state index in [1.54, 1.807) is 0 Å². The maximum absolute atomic E-state index is 12.7. The van der Waals surface area contributed by atoms with Crippen LogP contribution < -0.4 is 0 Å². The summed E-state index contributed by atoms with van der Waals surface area (Å²) in [6.07, 6.45) is 53.1. The molecule has 0 aromatic carbocycles. The number of carbonyl (C=O) groups is 3. The average Bonchev–Trinajstić information content (AvgIpc) is 3.22. The van der Waals surface area contributed by atoms with Crippen molar-refractivity contribution in [3.63, 3.8) is 0 Å². The molecule has 1 unspecified atom stereocenters. The Labute approximate surface area is 360 Å². The second-order valence-corrected chi connectivity index (χ2v) is 17.1. The number of rotatable bonds is 46. The van der Waals surface area contributed by atoms with Crippen LogP contribution in [0.1, 0.15) is 271 Å². The molecule has 6 heteroatoms. The summed E-state index contributed by atoms with van der Waals surface area (Å²) in [4.78, 5) is 37.8. The van der Waals surface area contributed by atoms with Crippen molar-refractivity contribution in [3.05, 3.63) is 24.3 Å². The normalized spacial score (nSPS) is 12.1. The minimum atomic E-state index is -0.778. The van der Waals surface area contributed by atoms with E-state index >= 15 is 0 Å². The van der Waals surface area contributed by atoms with Gasteiger partial charge in [-0.3, -0.25) is 14.4 Å². The second-order valence-electron chi connectivity index (χ2n) is 17.1. The molecule has 0 amide bonds. The van der Waals surface area contributed by atoms with Crippen molar-refractivity contribution in [2.24, 2.45) is 0 Å². The molecule has 0 bridgehead atoms. The largest absolute Gasteiger partial charge is 0.462 e. The van der Waals surface area contributed by atoms with Gasteiger partial charge in [-0.25, -0.2) is 0 Å². The van der Waals surface area contributed by atoms with E-state index in [1.165, 1.54) is 141 Å². The van der Waals surface area contributed by atoms with Crippen molar-refractivity contribution in [3.8, 4) is 0 Å². The Morgan fingerprint density at radius 2 is 0.586 bits per heavy atom. The van der Waals surface area contributed by atoms with E-state index < -0.39 is 6.10 Å². The van der Waals surface area contributed by atoms with E-state index in [4.69, 9.17) is 14.2 Å². The molecule has 58 heavy (non-hydrogen) atoms. The van der Waals surface area contributed by atoms with E-state index in [1.807, 2.05) is 0 Å². The van der Waals surface area contributed by atoms with Gasteiger partial charge in [-0.15, -0.1) is 0 Å². The maximum atomic E-state index is 12.7. The van der Waals surface area contributed by atoms with E-state index in [9.17, 15) is 14.4 Å². The first-order chi connectivity index (χ1) is 28.5. The zero-order chi connectivity index (χ0) is 42.3. The number of esters is 3. The fourth-order valence-electron chi connectivity index (χ4n) is 7.30. The van der Waals surface area contributed by atoms with E-state index in [2.05, 4.69) is 45.1 Å². The van der Waals surface area contributed by atoms with Crippen LogP contribution in [0.25, 0.3) is 0 Å². The quantitative estimate of drug-likeness (QED) is 0.0263. The Bertz CT molecular complexity index is 942. The molecule has 6 nitrogen and oxygen atoms in total. The highest BCUT2D eigenvalue weighted by Gasteiger charge is 2.19. The zero-order valence-corrected chi connectivity index (χ0v) is 38.8. The van der Waals surface area contributed by atoms with Gasteiger partial charge in [0.25, 0.3) is 0 Å². The Morgan fingerprint density at radius 3 is 0.931 bits per heavy atom. The van der Waals surface area contributed by atoms with Gasteiger partial charge in [-0.05, 0) is 64.2 Å². The summed E-state index contributed by atoms with van der Waals surface area (Å²) >= 11 is 0. The van der Waals surface area contributed by atoms with Crippen LogP contribution in [0, 0.1) is 0 Å². The van der Waals surface area contributed by atoms with Crippen LogP contribution in [0.5, 0.6) is 0 Å². The minimum Gasteiger partial charge on any atom is -0.462 e. The summed E-state index contributed by atoms with van der Waals surface area (Å²) in [5.74, 6) is -0.897. The molecule has 340 valence electrons. The molecule has 0 saturated heterocycles. The monoisotopic (exact) mass is 817 g/mol. The maximum Gasteiger partial charge on any atom is 0.306 e. The van der Waals surface area contributed by atoms with Crippen molar-refractivity contribution in [1.82, 2.24) is 0 Å².